The van der Waals surface area contributed by atoms with Crippen LogP contribution in [-0.2, 0) is 0 Å². The molecule has 0 saturated heterocycles. The molecule has 2 heteroatoms. The van der Waals surface area contributed by atoms with Crippen LogP contribution < -0.4 is 0 Å². The highest BCUT2D eigenvalue weighted by Gasteiger charge is 2.07. The lowest BCUT2D eigenvalue weighted by Gasteiger charge is -1.99. The van der Waals surface area contributed by atoms with Crippen LogP contribution in [0.25, 0.3) is 0 Å². The minimum absolute atomic E-state index is 0.123. The Bertz CT molecular complexity index is 353. The average Bonchev–Trinajstić information content (AvgIpc) is 2.15. The maximum atomic E-state index is 12.7. The molecule has 0 fully saturated rings. The van der Waals surface area contributed by atoms with Crippen LogP contribution >= 0.6 is 0 Å². The van der Waals surface area contributed by atoms with Gasteiger partial charge in [0.25, 0.3) is 0 Å². The van der Waals surface area contributed by atoms with E-state index in [-0.39, 0.29) is 11.6 Å². The zero-order valence-electron chi connectivity index (χ0n) is 7.67. The molecule has 0 heterocycles. The third-order valence-electron chi connectivity index (χ3n) is 1.88. The van der Waals surface area contributed by atoms with Crippen molar-refractivity contribution in [3.8, 4) is 0 Å². The van der Waals surface area contributed by atoms with Crippen LogP contribution in [0.4, 0.5) is 4.39 Å². The maximum absolute atomic E-state index is 12.7. The average molecular weight is 178 g/mol. The first-order valence-corrected chi connectivity index (χ1v) is 4.08. The third kappa shape index (κ3) is 2.25. The molecule has 1 aromatic rings. The Hall–Kier alpha value is -1.44. The largest absolute Gasteiger partial charge is 0.289 e. The molecule has 0 spiro atoms. The van der Waals surface area contributed by atoms with E-state index in [4.69, 9.17) is 0 Å². The first kappa shape index (κ1) is 9.65. The molecule has 0 bridgehead atoms. The Labute approximate surface area is 76.9 Å². The molecule has 0 N–H and O–H groups in total. The Morgan fingerprint density at radius 2 is 2.15 bits per heavy atom. The van der Waals surface area contributed by atoms with E-state index in [1.165, 1.54) is 18.2 Å². The molecule has 0 saturated carbocycles. The predicted molar refractivity (Wildman–Crippen MR) is 50.2 cm³/mol. The van der Waals surface area contributed by atoms with E-state index in [0.29, 0.717) is 11.1 Å². The molecule has 0 aliphatic heterocycles. The van der Waals surface area contributed by atoms with Crippen LogP contribution in [0.3, 0.4) is 0 Å². The first-order valence-electron chi connectivity index (χ1n) is 4.08. The van der Waals surface area contributed by atoms with Crippen molar-refractivity contribution in [2.24, 2.45) is 0 Å². The number of carbonyl (C=O) groups is 1. The molecular formula is C11H11FO. The second kappa shape index (κ2) is 3.99. The topological polar surface area (TPSA) is 17.1 Å². The van der Waals surface area contributed by atoms with E-state index in [9.17, 15) is 9.18 Å². The number of halogens is 1. The summed E-state index contributed by atoms with van der Waals surface area (Å²) in [4.78, 5) is 11.5. The normalized spacial score (nSPS) is 11.5. The minimum atomic E-state index is -0.380. The molecule has 0 aliphatic rings. The number of ketones is 1. The van der Waals surface area contributed by atoms with Gasteiger partial charge in [-0.2, -0.15) is 0 Å². The van der Waals surface area contributed by atoms with Crippen LogP contribution in [0.5, 0.6) is 0 Å². The number of carbonyl (C=O) groups excluding carboxylic acids is 1. The maximum Gasteiger partial charge on any atom is 0.188 e. The van der Waals surface area contributed by atoms with E-state index >= 15 is 0 Å². The molecule has 68 valence electrons. The monoisotopic (exact) mass is 178 g/mol. The Morgan fingerprint density at radius 3 is 2.69 bits per heavy atom. The molecule has 0 radical (unpaired) electrons. The lowest BCUT2D eigenvalue weighted by Crippen LogP contribution is -2.00. The van der Waals surface area contributed by atoms with Gasteiger partial charge in [0.2, 0.25) is 0 Å². The number of allylic oxidation sites excluding steroid dienone is 2. The zero-order valence-corrected chi connectivity index (χ0v) is 7.67. The summed E-state index contributed by atoms with van der Waals surface area (Å²) in [6, 6.07) is 5.71. The molecule has 13 heavy (non-hydrogen) atoms. The molecular weight excluding hydrogens is 167 g/mol. The van der Waals surface area contributed by atoms with Gasteiger partial charge in [0, 0.05) is 5.56 Å². The highest BCUT2D eigenvalue weighted by atomic mass is 19.1. The number of rotatable bonds is 2. The van der Waals surface area contributed by atoms with E-state index in [1.54, 1.807) is 26.0 Å². The van der Waals surface area contributed by atoms with Gasteiger partial charge in [0.05, 0.1) is 0 Å². The van der Waals surface area contributed by atoms with Gasteiger partial charge in [-0.25, -0.2) is 4.39 Å². The Morgan fingerprint density at radius 1 is 1.46 bits per heavy atom. The molecule has 0 aliphatic carbocycles. The van der Waals surface area contributed by atoms with Crippen molar-refractivity contribution in [2.45, 2.75) is 13.8 Å². The van der Waals surface area contributed by atoms with Crippen molar-refractivity contribution in [1.82, 2.24) is 0 Å². The number of hydrogen-bond donors (Lipinski definition) is 0. The summed E-state index contributed by atoms with van der Waals surface area (Å²) in [5.74, 6) is -0.503. The minimum Gasteiger partial charge on any atom is -0.289 e. The smallest absolute Gasteiger partial charge is 0.188 e. The van der Waals surface area contributed by atoms with Crippen molar-refractivity contribution in [3.05, 3.63) is 47.3 Å². The fraction of sp³-hybridized carbons (Fsp3) is 0.182. The van der Waals surface area contributed by atoms with Gasteiger partial charge in [-0.05, 0) is 31.6 Å². The second-order valence-corrected chi connectivity index (χ2v) is 2.81. The van der Waals surface area contributed by atoms with E-state index in [1.807, 2.05) is 0 Å². The third-order valence-corrected chi connectivity index (χ3v) is 1.88. The highest BCUT2D eigenvalue weighted by Crippen LogP contribution is 2.09. The van der Waals surface area contributed by atoms with Crippen molar-refractivity contribution in [2.75, 3.05) is 0 Å². The lowest BCUT2D eigenvalue weighted by atomic mass is 10.0. The van der Waals surface area contributed by atoms with Crippen LogP contribution in [0, 0.1) is 5.82 Å². The molecule has 0 aromatic heterocycles. The standard InChI is InChI=1S/C11H11FO/c1-3-8(2)11(13)9-5-4-6-10(12)7-9/h3-7H,1-2H3/b8-3-. The van der Waals surface area contributed by atoms with Gasteiger partial charge in [0.1, 0.15) is 5.82 Å². The van der Waals surface area contributed by atoms with Crippen LogP contribution in [0.15, 0.2) is 35.9 Å². The van der Waals surface area contributed by atoms with Gasteiger partial charge < -0.3 is 0 Å². The van der Waals surface area contributed by atoms with Crippen LogP contribution in [-0.4, -0.2) is 5.78 Å². The fourth-order valence-electron chi connectivity index (χ4n) is 0.988. The summed E-state index contributed by atoms with van der Waals surface area (Å²) in [5, 5.41) is 0. The summed E-state index contributed by atoms with van der Waals surface area (Å²) >= 11 is 0. The quantitative estimate of drug-likeness (QED) is 0.502. The SMILES string of the molecule is C/C=C(/C)C(=O)c1cccc(F)c1. The molecule has 0 atom stereocenters. The molecule has 0 amide bonds. The lowest BCUT2D eigenvalue weighted by molar-refractivity contribution is 0.103. The Kier molecular flexibility index (Phi) is 2.96. The van der Waals surface area contributed by atoms with Crippen molar-refractivity contribution in [1.29, 1.82) is 0 Å². The number of benzene rings is 1. The predicted octanol–water partition coefficient (Wildman–Crippen LogP) is 2.97. The molecule has 0 unspecified atom stereocenters. The number of Topliss-reactive ketones (excluding diaryl/α,β-unsaturated/α-hetero) is 1. The Balaban J connectivity index is 3.03. The molecule has 1 aromatic carbocycles. The highest BCUT2D eigenvalue weighted by molar-refractivity contribution is 6.08. The van der Waals surface area contributed by atoms with Gasteiger partial charge in [-0.1, -0.05) is 18.2 Å². The summed E-state index contributed by atoms with van der Waals surface area (Å²) in [6.07, 6.45) is 1.72. The molecule has 1 rings (SSSR count). The first-order chi connectivity index (χ1) is 6.15. The van der Waals surface area contributed by atoms with Gasteiger partial charge in [-0.3, -0.25) is 4.79 Å². The summed E-state index contributed by atoms with van der Waals surface area (Å²) in [7, 11) is 0. The van der Waals surface area contributed by atoms with Crippen LogP contribution in [0.1, 0.15) is 24.2 Å². The summed E-state index contributed by atoms with van der Waals surface area (Å²) in [6.45, 7) is 3.50. The van der Waals surface area contributed by atoms with Gasteiger partial charge in [0.15, 0.2) is 5.78 Å². The molecule has 1 nitrogen and oxygen atoms in total. The van der Waals surface area contributed by atoms with Crippen molar-refractivity contribution in [3.63, 3.8) is 0 Å². The van der Waals surface area contributed by atoms with E-state index in [2.05, 4.69) is 0 Å². The van der Waals surface area contributed by atoms with Crippen molar-refractivity contribution >= 4 is 5.78 Å². The van der Waals surface area contributed by atoms with Gasteiger partial charge >= 0.3 is 0 Å². The van der Waals surface area contributed by atoms with Crippen LogP contribution in [0.2, 0.25) is 0 Å². The van der Waals surface area contributed by atoms with Crippen molar-refractivity contribution < 1.29 is 9.18 Å². The second-order valence-electron chi connectivity index (χ2n) is 2.81. The fourth-order valence-corrected chi connectivity index (χ4v) is 0.988. The van der Waals surface area contributed by atoms with E-state index < -0.39 is 0 Å². The summed E-state index contributed by atoms with van der Waals surface area (Å²) < 4.78 is 12.7. The zero-order chi connectivity index (χ0) is 9.84. The van der Waals surface area contributed by atoms with Gasteiger partial charge in [-0.15, -0.1) is 0 Å². The number of hydrogen-bond acceptors (Lipinski definition) is 1. The summed E-state index contributed by atoms with van der Waals surface area (Å²) in [5.41, 5.74) is 1.03. The van der Waals surface area contributed by atoms with E-state index in [0.717, 1.165) is 0 Å².